The Morgan fingerprint density at radius 2 is 1.60 bits per heavy atom. The predicted molar refractivity (Wildman–Crippen MR) is 132 cm³/mol. The van der Waals surface area contributed by atoms with Gasteiger partial charge in [0.05, 0.1) is 30.7 Å². The molecule has 3 aliphatic rings. The summed E-state index contributed by atoms with van der Waals surface area (Å²) < 4.78 is 5.36. The van der Waals surface area contributed by atoms with Gasteiger partial charge in [0.1, 0.15) is 11.8 Å². The second-order valence-electron chi connectivity index (χ2n) is 10.4. The van der Waals surface area contributed by atoms with Gasteiger partial charge in [-0.15, -0.1) is 0 Å². The van der Waals surface area contributed by atoms with Gasteiger partial charge in [0.25, 0.3) is 0 Å². The number of hydrogen-bond acceptors (Lipinski definition) is 6. The van der Waals surface area contributed by atoms with E-state index in [2.05, 4.69) is 0 Å². The standard InChI is InChI=1S/C28H28N2O5/c1-15(31)16-6-9-18(10-7-16)29-26(33)22-21-12-8-17-14-19(35-5)11-13-20(17)30(21)24(23(22)27(29)34)25(32)28(2,3)4/h6-14,21-24H,1-5H3/t21-,22+,23-,24+/m1/s1. The maximum Gasteiger partial charge on any atom is 0.240 e. The molecule has 0 unspecified atom stereocenters. The number of carbonyl (C=O) groups is 4. The zero-order valence-corrected chi connectivity index (χ0v) is 20.4. The number of anilines is 2. The van der Waals surface area contributed by atoms with E-state index in [9.17, 15) is 19.2 Å². The van der Waals surface area contributed by atoms with Crippen LogP contribution in [-0.4, -0.2) is 42.6 Å². The summed E-state index contributed by atoms with van der Waals surface area (Å²) in [7, 11) is 1.60. The zero-order chi connectivity index (χ0) is 25.2. The number of nitrogens with zero attached hydrogens (tertiary/aromatic N) is 2. The molecule has 2 amide bonds. The van der Waals surface area contributed by atoms with Gasteiger partial charge in [0.15, 0.2) is 11.6 Å². The Morgan fingerprint density at radius 3 is 2.20 bits per heavy atom. The molecular weight excluding hydrogens is 444 g/mol. The summed E-state index contributed by atoms with van der Waals surface area (Å²) in [5.74, 6) is -1.67. The van der Waals surface area contributed by atoms with Crippen LogP contribution < -0.4 is 14.5 Å². The van der Waals surface area contributed by atoms with Crippen LogP contribution in [0.1, 0.15) is 43.6 Å². The first-order valence-electron chi connectivity index (χ1n) is 11.7. The van der Waals surface area contributed by atoms with Gasteiger partial charge < -0.3 is 9.64 Å². The zero-order valence-electron chi connectivity index (χ0n) is 20.4. The van der Waals surface area contributed by atoms with Crippen LogP contribution in [0.2, 0.25) is 0 Å². The third-order valence-electron chi connectivity index (χ3n) is 7.25. The van der Waals surface area contributed by atoms with Crippen LogP contribution in [-0.2, 0) is 14.4 Å². The van der Waals surface area contributed by atoms with Gasteiger partial charge in [0, 0.05) is 22.2 Å². The average molecular weight is 473 g/mol. The van der Waals surface area contributed by atoms with Crippen molar-refractivity contribution in [2.24, 2.45) is 17.3 Å². The van der Waals surface area contributed by atoms with Crippen LogP contribution >= 0.6 is 0 Å². The fraction of sp³-hybridized carbons (Fsp3) is 0.357. The van der Waals surface area contributed by atoms with Crippen LogP contribution in [0.5, 0.6) is 5.75 Å². The predicted octanol–water partition coefficient (Wildman–Crippen LogP) is 3.90. The molecule has 35 heavy (non-hydrogen) atoms. The highest BCUT2D eigenvalue weighted by atomic mass is 16.5. The minimum atomic E-state index is -0.801. The van der Waals surface area contributed by atoms with E-state index >= 15 is 0 Å². The Kier molecular flexibility index (Phi) is 5.20. The Morgan fingerprint density at radius 1 is 0.943 bits per heavy atom. The van der Waals surface area contributed by atoms with E-state index in [0.717, 1.165) is 11.3 Å². The van der Waals surface area contributed by atoms with Gasteiger partial charge in [0.2, 0.25) is 11.8 Å². The van der Waals surface area contributed by atoms with E-state index in [1.165, 1.54) is 11.8 Å². The van der Waals surface area contributed by atoms with Crippen molar-refractivity contribution in [1.82, 2.24) is 0 Å². The normalized spacial score (nSPS) is 24.8. The number of imide groups is 1. The molecule has 3 heterocycles. The van der Waals surface area contributed by atoms with Gasteiger partial charge in [-0.25, -0.2) is 4.90 Å². The number of fused-ring (bicyclic) bond motifs is 5. The number of rotatable bonds is 4. The fourth-order valence-electron chi connectivity index (χ4n) is 5.52. The Bertz CT molecular complexity index is 1290. The van der Waals surface area contributed by atoms with Crippen molar-refractivity contribution in [2.75, 3.05) is 16.9 Å². The molecule has 180 valence electrons. The van der Waals surface area contributed by atoms with Gasteiger partial charge in [-0.05, 0) is 49.4 Å². The lowest BCUT2D eigenvalue weighted by Gasteiger charge is -2.38. The first-order valence-corrected chi connectivity index (χ1v) is 11.7. The summed E-state index contributed by atoms with van der Waals surface area (Å²) in [6.07, 6.45) is 3.85. The van der Waals surface area contributed by atoms with E-state index in [1.807, 2.05) is 56.0 Å². The van der Waals surface area contributed by atoms with E-state index in [0.29, 0.717) is 17.0 Å². The molecule has 0 aromatic heterocycles. The molecule has 0 spiro atoms. The molecular formula is C28H28N2O5. The van der Waals surface area contributed by atoms with Crippen molar-refractivity contribution in [3.05, 3.63) is 59.7 Å². The number of benzene rings is 2. The highest BCUT2D eigenvalue weighted by Crippen LogP contribution is 2.50. The number of methoxy groups -OCH3 is 1. The minimum absolute atomic E-state index is 0.0815. The van der Waals surface area contributed by atoms with Crippen LogP contribution in [0.15, 0.2) is 48.5 Å². The average Bonchev–Trinajstić information content (AvgIpc) is 3.30. The highest BCUT2D eigenvalue weighted by Gasteiger charge is 2.65. The van der Waals surface area contributed by atoms with Crippen LogP contribution in [0.4, 0.5) is 11.4 Å². The summed E-state index contributed by atoms with van der Waals surface area (Å²) in [5, 5.41) is 0. The molecule has 0 aliphatic carbocycles. The number of amides is 2. The molecule has 0 saturated carbocycles. The van der Waals surface area contributed by atoms with Crippen molar-refractivity contribution >= 4 is 40.8 Å². The molecule has 0 radical (unpaired) electrons. The summed E-state index contributed by atoms with van der Waals surface area (Å²) in [6, 6.07) is 10.9. The Labute approximate surface area is 204 Å². The van der Waals surface area contributed by atoms with Gasteiger partial charge >= 0.3 is 0 Å². The molecule has 0 N–H and O–H groups in total. The molecule has 7 nitrogen and oxygen atoms in total. The lowest BCUT2D eigenvalue weighted by molar-refractivity contribution is -0.132. The van der Waals surface area contributed by atoms with Crippen molar-refractivity contribution in [1.29, 1.82) is 0 Å². The second-order valence-corrected chi connectivity index (χ2v) is 10.4. The lowest BCUT2D eigenvalue weighted by atomic mass is 9.79. The molecule has 0 bridgehead atoms. The highest BCUT2D eigenvalue weighted by molar-refractivity contribution is 6.25. The molecule has 5 rings (SSSR count). The summed E-state index contributed by atoms with van der Waals surface area (Å²) in [6.45, 7) is 6.98. The molecule has 7 heteroatoms. The number of Topliss-reactive ketones (excluding diaryl/α,β-unsaturated/α-hetero) is 2. The van der Waals surface area contributed by atoms with E-state index in [1.54, 1.807) is 31.4 Å². The van der Waals surface area contributed by atoms with Gasteiger partial charge in [-0.2, -0.15) is 0 Å². The SMILES string of the molecule is COc1ccc2c(c1)C=C[C@@H]1[C@@H]3C(=O)N(c4ccc(C(C)=O)cc4)C(=O)[C@H]3[C@@H](C(=O)C(C)(C)C)N21. The first-order chi connectivity index (χ1) is 16.5. The smallest absolute Gasteiger partial charge is 0.240 e. The third-order valence-corrected chi connectivity index (χ3v) is 7.25. The second kappa shape index (κ2) is 7.90. The summed E-state index contributed by atoms with van der Waals surface area (Å²) in [5.41, 5.74) is 1.90. The van der Waals surface area contributed by atoms with Crippen molar-refractivity contribution in [3.63, 3.8) is 0 Å². The molecule has 3 aliphatic heterocycles. The molecule has 2 aromatic rings. The molecule has 4 atom stereocenters. The van der Waals surface area contributed by atoms with E-state index in [4.69, 9.17) is 4.74 Å². The number of carbonyl (C=O) groups excluding carboxylic acids is 4. The maximum atomic E-state index is 13.8. The number of ketones is 2. The molecule has 2 fully saturated rings. The van der Waals surface area contributed by atoms with Crippen molar-refractivity contribution in [3.8, 4) is 5.75 Å². The van der Waals surface area contributed by atoms with Gasteiger partial charge in [-0.3, -0.25) is 19.2 Å². The maximum absolute atomic E-state index is 13.8. The number of hydrogen-bond donors (Lipinski definition) is 0. The first kappa shape index (κ1) is 23.0. The summed E-state index contributed by atoms with van der Waals surface area (Å²) >= 11 is 0. The Hall–Kier alpha value is -3.74. The van der Waals surface area contributed by atoms with Crippen LogP contribution in [0.3, 0.4) is 0 Å². The van der Waals surface area contributed by atoms with E-state index in [-0.39, 0.29) is 23.4 Å². The van der Waals surface area contributed by atoms with Crippen molar-refractivity contribution < 1.29 is 23.9 Å². The van der Waals surface area contributed by atoms with E-state index < -0.39 is 29.3 Å². The van der Waals surface area contributed by atoms with Crippen LogP contribution in [0.25, 0.3) is 6.08 Å². The number of ether oxygens (including phenoxy) is 1. The monoisotopic (exact) mass is 472 g/mol. The summed E-state index contributed by atoms with van der Waals surface area (Å²) in [4.78, 5) is 56.2. The lowest BCUT2D eigenvalue weighted by Crippen LogP contribution is -2.51. The largest absolute Gasteiger partial charge is 0.497 e. The molecule has 2 aromatic carbocycles. The van der Waals surface area contributed by atoms with Crippen LogP contribution in [0, 0.1) is 17.3 Å². The van der Waals surface area contributed by atoms with Gasteiger partial charge in [-0.1, -0.05) is 32.9 Å². The van der Waals surface area contributed by atoms with Crippen molar-refractivity contribution in [2.45, 2.75) is 39.8 Å². The minimum Gasteiger partial charge on any atom is -0.497 e. The fourth-order valence-corrected chi connectivity index (χ4v) is 5.52. The topological polar surface area (TPSA) is 84.0 Å². The quantitative estimate of drug-likeness (QED) is 0.496. The third kappa shape index (κ3) is 3.40. The Balaban J connectivity index is 1.61. The molecule has 2 saturated heterocycles.